The molecule has 0 unspecified atom stereocenters. The average Bonchev–Trinajstić information content (AvgIpc) is 2.76. The topological polar surface area (TPSA) is 82.6 Å². The minimum Gasteiger partial charge on any atom is -0.343 e. The lowest BCUT2D eigenvalue weighted by Gasteiger charge is -2.27. The lowest BCUT2D eigenvalue weighted by atomic mass is 9.95. The van der Waals surface area contributed by atoms with E-state index in [1.165, 1.54) is 12.1 Å². The van der Waals surface area contributed by atoms with Gasteiger partial charge in [0.15, 0.2) is 5.82 Å². The monoisotopic (exact) mass is 450 g/mol. The van der Waals surface area contributed by atoms with Gasteiger partial charge in [0.1, 0.15) is 6.04 Å². The third-order valence-corrected chi connectivity index (χ3v) is 5.68. The Morgan fingerprint density at radius 3 is 2.70 bits per heavy atom. The summed E-state index contributed by atoms with van der Waals surface area (Å²) in [6, 6.07) is 9.16. The van der Waals surface area contributed by atoms with Crippen LogP contribution in [0.2, 0.25) is 10.0 Å². The van der Waals surface area contributed by atoms with Crippen molar-refractivity contribution in [1.82, 2.24) is 10.6 Å². The van der Waals surface area contributed by atoms with Gasteiger partial charge in [-0.05, 0) is 42.8 Å². The number of carbonyl (C=O) groups excluding carboxylic acids is 2. The van der Waals surface area contributed by atoms with Crippen LogP contribution in [0.3, 0.4) is 0 Å². The van der Waals surface area contributed by atoms with Gasteiger partial charge in [-0.25, -0.2) is 4.39 Å². The molecule has 0 saturated carbocycles. The second kappa shape index (κ2) is 10.0. The van der Waals surface area contributed by atoms with Crippen molar-refractivity contribution in [2.24, 2.45) is 4.99 Å². The smallest absolute Gasteiger partial charge is 0.247 e. The normalized spacial score (nSPS) is 16.3. The Morgan fingerprint density at radius 1 is 1.23 bits per heavy atom. The molecule has 1 heterocycles. The number of hydrogen-bond donors (Lipinski definition) is 3. The van der Waals surface area contributed by atoms with Crippen molar-refractivity contribution < 1.29 is 14.0 Å². The SMILES string of the molecule is C=NCC[C@H](NC(=O)[C@@H]1Cc2ccccc2CN1)C(=O)Nc1ccc(Cl)c(Cl)c1F. The third kappa shape index (κ3) is 5.16. The van der Waals surface area contributed by atoms with Gasteiger partial charge in [-0.2, -0.15) is 0 Å². The molecular formula is C21H21Cl2FN4O2. The lowest BCUT2D eigenvalue weighted by molar-refractivity contribution is -0.128. The Labute approximate surface area is 183 Å². The van der Waals surface area contributed by atoms with Gasteiger partial charge in [0, 0.05) is 13.1 Å². The molecule has 6 nitrogen and oxygen atoms in total. The van der Waals surface area contributed by atoms with Gasteiger partial charge < -0.3 is 20.9 Å². The van der Waals surface area contributed by atoms with Crippen LogP contribution in [-0.4, -0.2) is 37.2 Å². The van der Waals surface area contributed by atoms with Crippen molar-refractivity contribution in [2.75, 3.05) is 11.9 Å². The highest BCUT2D eigenvalue weighted by Crippen LogP contribution is 2.30. The fourth-order valence-corrected chi connectivity index (χ4v) is 3.55. The molecule has 30 heavy (non-hydrogen) atoms. The molecule has 0 aromatic heterocycles. The maximum absolute atomic E-state index is 14.3. The van der Waals surface area contributed by atoms with E-state index in [-0.39, 0.29) is 34.6 Å². The van der Waals surface area contributed by atoms with Crippen molar-refractivity contribution in [1.29, 1.82) is 0 Å². The third-order valence-electron chi connectivity index (χ3n) is 4.90. The highest BCUT2D eigenvalue weighted by atomic mass is 35.5. The van der Waals surface area contributed by atoms with Crippen LogP contribution in [0.4, 0.5) is 10.1 Å². The van der Waals surface area contributed by atoms with Crippen LogP contribution in [0.15, 0.2) is 41.4 Å². The highest BCUT2D eigenvalue weighted by Gasteiger charge is 2.28. The van der Waals surface area contributed by atoms with E-state index in [4.69, 9.17) is 23.2 Å². The molecule has 9 heteroatoms. The van der Waals surface area contributed by atoms with Crippen LogP contribution in [0, 0.1) is 5.82 Å². The first-order valence-electron chi connectivity index (χ1n) is 9.38. The number of nitrogens with one attached hydrogen (secondary N) is 3. The highest BCUT2D eigenvalue weighted by molar-refractivity contribution is 6.42. The molecule has 0 bridgehead atoms. The molecule has 2 amide bonds. The molecule has 0 radical (unpaired) electrons. The molecule has 1 aliphatic rings. The zero-order chi connectivity index (χ0) is 21.7. The van der Waals surface area contributed by atoms with Gasteiger partial charge in [-0.3, -0.25) is 9.59 Å². The van der Waals surface area contributed by atoms with E-state index in [1.807, 2.05) is 24.3 Å². The van der Waals surface area contributed by atoms with Crippen LogP contribution < -0.4 is 16.0 Å². The van der Waals surface area contributed by atoms with Gasteiger partial charge in [-0.1, -0.05) is 47.5 Å². The molecular weight excluding hydrogens is 430 g/mol. The summed E-state index contributed by atoms with van der Waals surface area (Å²) in [6.07, 6.45) is 0.727. The Hall–Kier alpha value is -2.48. The molecule has 2 atom stereocenters. The fourth-order valence-electron chi connectivity index (χ4n) is 3.24. The lowest BCUT2D eigenvalue weighted by Crippen LogP contribution is -2.53. The number of nitrogens with zero attached hydrogens (tertiary/aromatic N) is 1. The fraction of sp³-hybridized carbons (Fsp3) is 0.286. The van der Waals surface area contributed by atoms with Crippen LogP contribution >= 0.6 is 23.2 Å². The number of anilines is 1. The maximum Gasteiger partial charge on any atom is 0.247 e. The minimum atomic E-state index is -0.921. The van der Waals surface area contributed by atoms with Crippen molar-refractivity contribution >= 4 is 47.4 Å². The van der Waals surface area contributed by atoms with Gasteiger partial charge in [0.25, 0.3) is 0 Å². The number of fused-ring (bicyclic) bond motifs is 1. The van der Waals surface area contributed by atoms with E-state index < -0.39 is 23.8 Å². The number of carbonyl (C=O) groups is 2. The Morgan fingerprint density at radius 2 is 1.97 bits per heavy atom. The Bertz CT molecular complexity index is 970. The van der Waals surface area contributed by atoms with Crippen molar-refractivity contribution in [3.63, 3.8) is 0 Å². The molecule has 3 rings (SSSR count). The van der Waals surface area contributed by atoms with E-state index in [0.717, 1.165) is 11.1 Å². The first-order chi connectivity index (χ1) is 14.4. The van der Waals surface area contributed by atoms with Gasteiger partial charge in [0.2, 0.25) is 11.8 Å². The summed E-state index contributed by atoms with van der Waals surface area (Å²) >= 11 is 11.6. The average molecular weight is 451 g/mol. The van der Waals surface area contributed by atoms with E-state index in [2.05, 4.69) is 27.7 Å². The van der Waals surface area contributed by atoms with Crippen molar-refractivity contribution in [2.45, 2.75) is 31.5 Å². The molecule has 2 aromatic rings. The Kier molecular flexibility index (Phi) is 7.42. The molecule has 3 N–H and O–H groups in total. The first-order valence-corrected chi connectivity index (χ1v) is 10.1. The number of halogens is 3. The standard InChI is InChI=1S/C21H21Cl2FN4O2/c1-25-9-8-16(20(29)27-15-7-6-14(22)18(23)19(15)24)28-21(30)17-10-12-4-2-3-5-13(12)11-26-17/h2-7,16-17,26H,1,8-11H2,(H,27,29)(H,28,30)/t16-,17-/m0/s1. The van der Waals surface area contributed by atoms with Crippen molar-refractivity contribution in [3.8, 4) is 0 Å². The largest absolute Gasteiger partial charge is 0.343 e. The zero-order valence-electron chi connectivity index (χ0n) is 16.1. The molecule has 2 aromatic carbocycles. The predicted molar refractivity (Wildman–Crippen MR) is 117 cm³/mol. The van der Waals surface area contributed by atoms with Crippen LogP contribution in [-0.2, 0) is 22.6 Å². The molecule has 0 aliphatic carbocycles. The minimum absolute atomic E-state index is 0.0385. The number of hydrogen-bond acceptors (Lipinski definition) is 4. The van der Waals surface area contributed by atoms with Gasteiger partial charge >= 0.3 is 0 Å². The van der Waals surface area contributed by atoms with Crippen LogP contribution in [0.1, 0.15) is 17.5 Å². The molecule has 0 saturated heterocycles. The van der Waals surface area contributed by atoms with Gasteiger partial charge in [-0.15, -0.1) is 0 Å². The van der Waals surface area contributed by atoms with E-state index >= 15 is 0 Å². The summed E-state index contributed by atoms with van der Waals surface area (Å²) in [5.41, 5.74) is 2.11. The Balaban J connectivity index is 1.69. The van der Waals surface area contributed by atoms with Crippen LogP contribution in [0.25, 0.3) is 0 Å². The summed E-state index contributed by atoms with van der Waals surface area (Å²) in [4.78, 5) is 29.3. The van der Waals surface area contributed by atoms with Gasteiger partial charge in [0.05, 0.1) is 21.8 Å². The first kappa shape index (κ1) is 22.2. The van der Waals surface area contributed by atoms with E-state index in [9.17, 15) is 14.0 Å². The second-order valence-electron chi connectivity index (χ2n) is 6.92. The van der Waals surface area contributed by atoms with E-state index in [0.29, 0.717) is 13.0 Å². The number of rotatable bonds is 7. The molecule has 0 spiro atoms. The summed E-state index contributed by atoms with van der Waals surface area (Å²) in [5, 5.41) is 8.12. The number of aliphatic imine (C=N–C) groups is 1. The molecule has 158 valence electrons. The second-order valence-corrected chi connectivity index (χ2v) is 7.70. The molecule has 0 fully saturated rings. The van der Waals surface area contributed by atoms with E-state index in [1.54, 1.807) is 0 Å². The number of amides is 2. The summed E-state index contributed by atoms with van der Waals surface area (Å²) in [6.45, 7) is 4.22. The quantitative estimate of drug-likeness (QED) is 0.446. The maximum atomic E-state index is 14.3. The zero-order valence-corrected chi connectivity index (χ0v) is 17.6. The number of benzene rings is 2. The summed E-state index contributed by atoms with van der Waals surface area (Å²) < 4.78 is 14.3. The summed E-state index contributed by atoms with van der Waals surface area (Å²) in [7, 11) is 0. The van der Waals surface area contributed by atoms with Crippen molar-refractivity contribution in [3.05, 3.63) is 63.4 Å². The molecule has 1 aliphatic heterocycles. The predicted octanol–water partition coefficient (Wildman–Crippen LogP) is 3.36. The summed E-state index contributed by atoms with van der Waals surface area (Å²) in [5.74, 6) is -1.74. The van der Waals surface area contributed by atoms with Crippen LogP contribution in [0.5, 0.6) is 0 Å².